The number of carbonyl (C=O) groups excluding carboxylic acids is 1. The first kappa shape index (κ1) is 24.9. The van der Waals surface area contributed by atoms with Gasteiger partial charge in [0, 0.05) is 6.42 Å². The second-order valence-electron chi connectivity index (χ2n) is 12.0. The average molecular weight is 466 g/mol. The molecule has 0 unspecified atom stereocenters. The average Bonchev–Trinajstić information content (AvgIpc) is 3.11. The van der Waals surface area contributed by atoms with Crippen LogP contribution in [0.25, 0.3) is 0 Å². The van der Waals surface area contributed by atoms with Crippen molar-refractivity contribution >= 4 is 11.9 Å². The molecule has 7 nitrogen and oxygen atoms in total. The lowest BCUT2D eigenvalue weighted by atomic mass is 9.43. The predicted molar refractivity (Wildman–Crippen MR) is 123 cm³/mol. The molecular formula is C26H43NO6. The largest absolute Gasteiger partial charge is 0.480 e. The maximum atomic E-state index is 12.0. The molecule has 4 saturated carbocycles. The highest BCUT2D eigenvalue weighted by atomic mass is 16.7. The topological polar surface area (TPSA) is 116 Å². The number of rotatable bonds is 7. The molecule has 10 atom stereocenters. The SMILES string of the molecule is C[C@H](CCC(=O)ONCC(=O)O)[C@H]1CC[C@H]2[C@@H]3[C@H](O)C[C@@H]4CCCC[C@]4(C)[C@H]3C[C@H](O)[C@]12C. The van der Waals surface area contributed by atoms with Gasteiger partial charge in [0.2, 0.25) is 0 Å². The van der Waals surface area contributed by atoms with Crippen molar-refractivity contribution in [1.82, 2.24) is 5.48 Å². The van der Waals surface area contributed by atoms with Gasteiger partial charge in [-0.25, -0.2) is 0 Å². The fourth-order valence-electron chi connectivity index (χ4n) is 8.96. The number of aliphatic carboxylic acids is 1. The summed E-state index contributed by atoms with van der Waals surface area (Å²) in [6.45, 7) is 6.42. The van der Waals surface area contributed by atoms with Crippen LogP contribution < -0.4 is 5.48 Å². The summed E-state index contributed by atoms with van der Waals surface area (Å²) in [6, 6.07) is 0. The zero-order chi connectivity index (χ0) is 24.0. The minimum Gasteiger partial charge on any atom is -0.480 e. The second kappa shape index (κ2) is 9.46. The van der Waals surface area contributed by atoms with E-state index in [9.17, 15) is 19.8 Å². The van der Waals surface area contributed by atoms with E-state index < -0.39 is 18.5 Å². The number of aliphatic hydroxyl groups excluding tert-OH is 2. The molecule has 4 rings (SSSR count). The van der Waals surface area contributed by atoms with Gasteiger partial charge in [-0.1, -0.05) is 33.6 Å². The van der Waals surface area contributed by atoms with Gasteiger partial charge in [-0.3, -0.25) is 9.59 Å². The predicted octanol–water partition coefficient (Wildman–Crippen LogP) is 3.53. The number of fused-ring (bicyclic) bond motifs is 5. The Bertz CT molecular complexity index is 744. The first-order valence-corrected chi connectivity index (χ1v) is 13.1. The summed E-state index contributed by atoms with van der Waals surface area (Å²) in [5.41, 5.74) is 2.17. The zero-order valence-corrected chi connectivity index (χ0v) is 20.5. The zero-order valence-electron chi connectivity index (χ0n) is 20.5. The molecule has 0 radical (unpaired) electrons. The van der Waals surface area contributed by atoms with Crippen molar-refractivity contribution in [3.05, 3.63) is 0 Å². The Morgan fingerprint density at radius 3 is 2.58 bits per heavy atom. The first-order chi connectivity index (χ1) is 15.6. The molecule has 0 aromatic carbocycles. The van der Waals surface area contributed by atoms with E-state index in [0.717, 1.165) is 25.7 Å². The van der Waals surface area contributed by atoms with E-state index in [4.69, 9.17) is 9.94 Å². The highest BCUT2D eigenvalue weighted by molar-refractivity contribution is 5.71. The van der Waals surface area contributed by atoms with Gasteiger partial charge in [0.05, 0.1) is 12.2 Å². The summed E-state index contributed by atoms with van der Waals surface area (Å²) >= 11 is 0. The van der Waals surface area contributed by atoms with Gasteiger partial charge in [-0.2, -0.15) is 0 Å². The van der Waals surface area contributed by atoms with E-state index in [1.807, 2.05) is 0 Å². The van der Waals surface area contributed by atoms with Crippen molar-refractivity contribution in [3.63, 3.8) is 0 Å². The second-order valence-corrected chi connectivity index (χ2v) is 12.0. The molecule has 0 heterocycles. The highest BCUT2D eigenvalue weighted by Crippen LogP contribution is 2.68. The number of carboxylic acids is 1. The van der Waals surface area contributed by atoms with Crippen LogP contribution in [-0.4, -0.2) is 46.0 Å². The van der Waals surface area contributed by atoms with Gasteiger partial charge in [-0.05, 0) is 91.3 Å². The number of hydrogen-bond acceptors (Lipinski definition) is 6. The van der Waals surface area contributed by atoms with E-state index in [1.54, 1.807) is 0 Å². The molecule has 4 N–H and O–H groups in total. The number of nitrogens with one attached hydrogen (secondary N) is 1. The van der Waals surface area contributed by atoms with Crippen LogP contribution in [0.5, 0.6) is 0 Å². The lowest BCUT2D eigenvalue weighted by molar-refractivity contribution is -0.201. The molecule has 0 aliphatic heterocycles. The minimum absolute atomic E-state index is 0.218. The van der Waals surface area contributed by atoms with Crippen molar-refractivity contribution in [1.29, 1.82) is 0 Å². The third-order valence-electron chi connectivity index (χ3n) is 10.7. The lowest BCUT2D eigenvalue weighted by Crippen LogP contribution is -2.61. The van der Waals surface area contributed by atoms with Crippen molar-refractivity contribution < 1.29 is 29.7 Å². The van der Waals surface area contributed by atoms with Crippen molar-refractivity contribution in [2.75, 3.05) is 6.54 Å². The van der Waals surface area contributed by atoms with E-state index >= 15 is 0 Å². The summed E-state index contributed by atoms with van der Waals surface area (Å²) < 4.78 is 0. The number of hydrogen-bond donors (Lipinski definition) is 4. The standard InChI is InChI=1S/C26H43NO6/c1-15(7-10-23(32)33-27-14-22(30)31)17-8-9-18-24-19(13-21(29)26(17,18)3)25(2)11-5-4-6-16(25)12-20(24)28/h15-21,24,27-29H,4-14H2,1-3H3,(H,30,31)/t15-,16+,17-,18+,19+,20-,21+,24+,25+,26-/m1/s1. The van der Waals surface area contributed by atoms with E-state index in [0.29, 0.717) is 30.1 Å². The van der Waals surface area contributed by atoms with Crippen LogP contribution in [0.2, 0.25) is 0 Å². The van der Waals surface area contributed by atoms with Gasteiger partial charge in [0.1, 0.15) is 6.54 Å². The summed E-state index contributed by atoms with van der Waals surface area (Å²) in [5, 5.41) is 31.6. The summed E-state index contributed by atoms with van der Waals surface area (Å²) in [7, 11) is 0. The molecule has 33 heavy (non-hydrogen) atoms. The highest BCUT2D eigenvalue weighted by Gasteiger charge is 2.65. The summed E-state index contributed by atoms with van der Waals surface area (Å²) in [5.74, 6) is 0.548. The van der Waals surface area contributed by atoms with Crippen LogP contribution in [-0.2, 0) is 14.4 Å². The number of aliphatic hydroxyl groups is 2. The molecule has 0 aromatic heterocycles. The third kappa shape index (κ3) is 4.34. The minimum atomic E-state index is -1.08. The summed E-state index contributed by atoms with van der Waals surface area (Å²) in [6.07, 6.45) is 8.92. The van der Waals surface area contributed by atoms with Gasteiger partial charge < -0.3 is 20.2 Å². The molecule has 0 bridgehead atoms. The van der Waals surface area contributed by atoms with Gasteiger partial charge >= 0.3 is 11.9 Å². The van der Waals surface area contributed by atoms with Crippen LogP contribution in [0, 0.1) is 46.3 Å². The van der Waals surface area contributed by atoms with E-state index in [2.05, 4.69) is 26.3 Å². The monoisotopic (exact) mass is 465 g/mol. The normalized spacial score (nSPS) is 45.4. The molecule has 7 heteroatoms. The van der Waals surface area contributed by atoms with E-state index in [-0.39, 0.29) is 41.3 Å². The van der Waals surface area contributed by atoms with Crippen LogP contribution >= 0.6 is 0 Å². The molecule has 4 aliphatic rings. The fraction of sp³-hybridized carbons (Fsp3) is 0.923. The smallest absolute Gasteiger partial charge is 0.324 e. The van der Waals surface area contributed by atoms with Crippen LogP contribution in [0.1, 0.15) is 85.0 Å². The Labute approximate surface area is 197 Å². The lowest BCUT2D eigenvalue weighted by Gasteiger charge is -2.63. The molecule has 188 valence electrons. The first-order valence-electron chi connectivity index (χ1n) is 13.1. The Morgan fingerprint density at radius 1 is 1.09 bits per heavy atom. The number of carboxylic acid groups (broad SMARTS) is 1. The Morgan fingerprint density at radius 2 is 1.85 bits per heavy atom. The fourth-order valence-corrected chi connectivity index (χ4v) is 8.96. The molecule has 0 aromatic rings. The maximum absolute atomic E-state index is 12.0. The Hall–Kier alpha value is -1.18. The molecule has 0 saturated heterocycles. The van der Waals surface area contributed by atoms with Gasteiger partial charge in [0.25, 0.3) is 0 Å². The van der Waals surface area contributed by atoms with Crippen LogP contribution in [0.3, 0.4) is 0 Å². The third-order valence-corrected chi connectivity index (χ3v) is 10.7. The van der Waals surface area contributed by atoms with E-state index in [1.165, 1.54) is 25.7 Å². The molecule has 0 spiro atoms. The van der Waals surface area contributed by atoms with Crippen LogP contribution in [0.15, 0.2) is 0 Å². The molecule has 4 aliphatic carbocycles. The van der Waals surface area contributed by atoms with Gasteiger partial charge in [-0.15, -0.1) is 5.48 Å². The molecule has 4 fully saturated rings. The quantitative estimate of drug-likeness (QED) is 0.425. The maximum Gasteiger partial charge on any atom is 0.324 e. The Balaban J connectivity index is 1.44. The van der Waals surface area contributed by atoms with Crippen molar-refractivity contribution in [2.24, 2.45) is 46.3 Å². The van der Waals surface area contributed by atoms with Crippen molar-refractivity contribution in [3.8, 4) is 0 Å². The van der Waals surface area contributed by atoms with Crippen LogP contribution in [0.4, 0.5) is 0 Å². The summed E-state index contributed by atoms with van der Waals surface area (Å²) in [4.78, 5) is 27.4. The number of hydroxylamine groups is 1. The number of carbonyl (C=O) groups is 2. The van der Waals surface area contributed by atoms with Gasteiger partial charge in [0.15, 0.2) is 0 Å². The Kier molecular flexibility index (Phi) is 7.15. The molecular weight excluding hydrogens is 422 g/mol. The van der Waals surface area contributed by atoms with Crippen molar-refractivity contribution in [2.45, 2.75) is 97.2 Å². The molecule has 0 amide bonds.